The van der Waals surface area contributed by atoms with Crippen molar-refractivity contribution in [1.29, 1.82) is 0 Å². The molecule has 3 rings (SSSR count). The number of anilines is 2. The second-order valence-electron chi connectivity index (χ2n) is 5.52. The molecule has 8 heteroatoms. The number of nitrogens with zero attached hydrogens (tertiary/aromatic N) is 2. The van der Waals surface area contributed by atoms with Gasteiger partial charge in [0, 0.05) is 23.6 Å². The summed E-state index contributed by atoms with van der Waals surface area (Å²) in [4.78, 5) is 8.00. The average molecular weight is 377 g/mol. The van der Waals surface area contributed by atoms with Crippen LogP contribution in [0.2, 0.25) is 0 Å². The Morgan fingerprint density at radius 1 is 0.962 bits per heavy atom. The van der Waals surface area contributed by atoms with Crippen LogP contribution in [0.15, 0.2) is 30.5 Å². The summed E-state index contributed by atoms with van der Waals surface area (Å²) in [6, 6.07) is 7.96. The van der Waals surface area contributed by atoms with E-state index in [0.717, 1.165) is 21.9 Å². The van der Waals surface area contributed by atoms with Gasteiger partial charge in [-0.1, -0.05) is 18.2 Å². The molecule has 0 aliphatic carbocycles. The fraction of sp³-hybridized carbons (Fsp3) is 0.222. The fourth-order valence-corrected chi connectivity index (χ4v) is 2.83. The third-order valence-corrected chi connectivity index (χ3v) is 4.02. The van der Waals surface area contributed by atoms with Gasteiger partial charge in [0.1, 0.15) is 5.82 Å². The van der Waals surface area contributed by atoms with Crippen molar-refractivity contribution in [3.05, 3.63) is 41.6 Å². The van der Waals surface area contributed by atoms with Crippen LogP contribution in [-0.4, -0.2) is 31.3 Å². The number of nitrogens with two attached hydrogens (primary N) is 2. The number of methoxy groups -OCH3 is 3. The molecule has 1 heterocycles. The van der Waals surface area contributed by atoms with Crippen LogP contribution in [0.1, 0.15) is 11.1 Å². The lowest BCUT2D eigenvalue weighted by molar-refractivity contribution is 0.327. The lowest BCUT2D eigenvalue weighted by atomic mass is 10.0. The van der Waals surface area contributed by atoms with Crippen LogP contribution in [0, 0.1) is 0 Å². The first-order valence-electron chi connectivity index (χ1n) is 7.65. The lowest BCUT2D eigenvalue weighted by Gasteiger charge is -2.15. The predicted molar refractivity (Wildman–Crippen MR) is 105 cm³/mol. The number of hydrogen-bond donors (Lipinski definition) is 2. The van der Waals surface area contributed by atoms with E-state index in [1.165, 1.54) is 0 Å². The highest BCUT2D eigenvalue weighted by Gasteiger charge is 2.16. The summed E-state index contributed by atoms with van der Waals surface area (Å²) in [5.74, 6) is 2.37. The van der Waals surface area contributed by atoms with Gasteiger partial charge in [-0.2, -0.15) is 4.98 Å². The van der Waals surface area contributed by atoms with E-state index in [1.54, 1.807) is 27.5 Å². The van der Waals surface area contributed by atoms with Crippen LogP contribution in [0.25, 0.3) is 10.8 Å². The Hall–Kier alpha value is -2.93. The zero-order valence-electron chi connectivity index (χ0n) is 14.8. The van der Waals surface area contributed by atoms with E-state index >= 15 is 0 Å². The molecular weight excluding hydrogens is 356 g/mol. The van der Waals surface area contributed by atoms with Gasteiger partial charge in [0.25, 0.3) is 0 Å². The van der Waals surface area contributed by atoms with Crippen LogP contribution in [0.4, 0.5) is 11.8 Å². The van der Waals surface area contributed by atoms with Gasteiger partial charge in [-0.25, -0.2) is 4.98 Å². The molecule has 0 fully saturated rings. The third-order valence-electron chi connectivity index (χ3n) is 4.02. The van der Waals surface area contributed by atoms with Gasteiger partial charge >= 0.3 is 0 Å². The number of nitrogen functional groups attached to an aromatic ring is 2. The summed E-state index contributed by atoms with van der Waals surface area (Å²) >= 11 is 0. The standard InChI is InChI=1S/C18H20N4O3.ClH/c1-23-14-8-11-6-10(7-12-9-21-18(20)22-17(12)19)4-5-13(11)15(24-2)16(14)25-3;/h4-6,8-9H,7H2,1-3H3,(H4,19,20,21,22);1H. The largest absolute Gasteiger partial charge is 0.493 e. The smallest absolute Gasteiger partial charge is 0.221 e. The second kappa shape index (κ2) is 7.97. The van der Waals surface area contributed by atoms with E-state index in [9.17, 15) is 0 Å². The van der Waals surface area contributed by atoms with E-state index in [-0.39, 0.29) is 18.4 Å². The summed E-state index contributed by atoms with van der Waals surface area (Å²) in [7, 11) is 4.79. The molecule has 26 heavy (non-hydrogen) atoms. The zero-order valence-corrected chi connectivity index (χ0v) is 15.6. The fourth-order valence-electron chi connectivity index (χ4n) is 2.83. The average Bonchev–Trinajstić information content (AvgIpc) is 2.62. The van der Waals surface area contributed by atoms with Gasteiger partial charge in [-0.3, -0.25) is 0 Å². The topological polar surface area (TPSA) is 106 Å². The molecule has 0 saturated carbocycles. The molecule has 0 amide bonds. The van der Waals surface area contributed by atoms with Crippen LogP contribution < -0.4 is 25.7 Å². The van der Waals surface area contributed by atoms with Crippen molar-refractivity contribution in [1.82, 2.24) is 9.97 Å². The Bertz CT molecular complexity index is 934. The highest BCUT2D eigenvalue weighted by atomic mass is 35.5. The highest BCUT2D eigenvalue weighted by molar-refractivity contribution is 5.93. The summed E-state index contributed by atoms with van der Waals surface area (Å²) in [5.41, 5.74) is 13.3. The maximum absolute atomic E-state index is 5.92. The normalized spacial score (nSPS) is 10.3. The molecule has 1 aromatic heterocycles. The molecule has 0 saturated heterocycles. The molecule has 0 radical (unpaired) electrons. The Labute approximate surface area is 157 Å². The maximum atomic E-state index is 5.92. The summed E-state index contributed by atoms with van der Waals surface area (Å²) in [5, 5.41) is 1.91. The Kier molecular flexibility index (Phi) is 5.94. The highest BCUT2D eigenvalue weighted by Crippen LogP contribution is 2.43. The quantitative estimate of drug-likeness (QED) is 0.705. The van der Waals surface area contributed by atoms with Crippen LogP contribution in [0.3, 0.4) is 0 Å². The summed E-state index contributed by atoms with van der Waals surface area (Å²) in [6.45, 7) is 0. The number of fused-ring (bicyclic) bond motifs is 1. The number of benzene rings is 2. The van der Waals surface area contributed by atoms with Gasteiger partial charge in [0.2, 0.25) is 11.7 Å². The number of halogens is 1. The molecule has 7 nitrogen and oxygen atoms in total. The van der Waals surface area contributed by atoms with Crippen molar-refractivity contribution in [2.45, 2.75) is 6.42 Å². The molecule has 138 valence electrons. The molecule has 2 aromatic carbocycles. The molecular formula is C18H21ClN4O3. The first kappa shape index (κ1) is 19.4. The molecule has 0 spiro atoms. The number of ether oxygens (including phenoxy) is 3. The van der Waals surface area contributed by atoms with Gasteiger partial charge < -0.3 is 25.7 Å². The molecule has 3 aromatic rings. The van der Waals surface area contributed by atoms with E-state index < -0.39 is 0 Å². The van der Waals surface area contributed by atoms with E-state index in [2.05, 4.69) is 16.0 Å². The van der Waals surface area contributed by atoms with Crippen molar-refractivity contribution >= 4 is 34.9 Å². The second-order valence-corrected chi connectivity index (χ2v) is 5.52. The van der Waals surface area contributed by atoms with E-state index in [0.29, 0.717) is 29.5 Å². The molecule has 0 aliphatic heterocycles. The van der Waals surface area contributed by atoms with E-state index in [1.807, 2.05) is 18.2 Å². The van der Waals surface area contributed by atoms with Crippen molar-refractivity contribution < 1.29 is 14.2 Å². The van der Waals surface area contributed by atoms with Crippen LogP contribution >= 0.6 is 12.4 Å². The predicted octanol–water partition coefficient (Wildman–Crippen LogP) is 2.83. The summed E-state index contributed by atoms with van der Waals surface area (Å²) in [6.07, 6.45) is 2.25. The lowest BCUT2D eigenvalue weighted by Crippen LogP contribution is -2.04. The first-order chi connectivity index (χ1) is 12.1. The van der Waals surface area contributed by atoms with E-state index in [4.69, 9.17) is 25.7 Å². The van der Waals surface area contributed by atoms with Crippen molar-refractivity contribution in [3.63, 3.8) is 0 Å². The molecule has 0 unspecified atom stereocenters. The minimum absolute atomic E-state index is 0. The molecule has 0 atom stereocenters. The van der Waals surface area contributed by atoms with Crippen LogP contribution in [0.5, 0.6) is 17.2 Å². The minimum atomic E-state index is 0. The summed E-state index contributed by atoms with van der Waals surface area (Å²) < 4.78 is 16.4. The van der Waals surface area contributed by atoms with Crippen molar-refractivity contribution in [3.8, 4) is 17.2 Å². The van der Waals surface area contributed by atoms with Gasteiger partial charge in [-0.15, -0.1) is 12.4 Å². The zero-order chi connectivity index (χ0) is 18.0. The molecule has 0 aliphatic rings. The van der Waals surface area contributed by atoms with Crippen LogP contribution in [-0.2, 0) is 6.42 Å². The van der Waals surface area contributed by atoms with Crippen molar-refractivity contribution in [2.75, 3.05) is 32.8 Å². The third kappa shape index (κ3) is 3.52. The minimum Gasteiger partial charge on any atom is -0.493 e. The van der Waals surface area contributed by atoms with Gasteiger partial charge in [0.15, 0.2) is 11.5 Å². The Balaban J connectivity index is 0.00000243. The van der Waals surface area contributed by atoms with Crippen molar-refractivity contribution in [2.24, 2.45) is 0 Å². The Morgan fingerprint density at radius 2 is 1.69 bits per heavy atom. The molecule has 0 bridgehead atoms. The first-order valence-corrected chi connectivity index (χ1v) is 7.65. The number of hydrogen-bond acceptors (Lipinski definition) is 7. The number of rotatable bonds is 5. The maximum Gasteiger partial charge on any atom is 0.221 e. The SMILES string of the molecule is COc1cc2cc(Cc3cnc(N)nc3N)ccc2c(OC)c1OC.Cl. The van der Waals surface area contributed by atoms with Gasteiger partial charge in [0.05, 0.1) is 21.3 Å². The number of aromatic nitrogens is 2. The Morgan fingerprint density at radius 3 is 2.31 bits per heavy atom. The molecule has 4 N–H and O–H groups in total. The van der Waals surface area contributed by atoms with Gasteiger partial charge in [-0.05, 0) is 17.0 Å². The monoisotopic (exact) mass is 376 g/mol.